The lowest BCUT2D eigenvalue weighted by atomic mass is 10.2. The van der Waals surface area contributed by atoms with Crippen molar-refractivity contribution < 1.29 is 14.3 Å². The zero-order chi connectivity index (χ0) is 16.1. The van der Waals surface area contributed by atoms with Crippen LogP contribution in [0.15, 0.2) is 46.9 Å². The Bertz CT molecular complexity index is 716. The Morgan fingerprint density at radius 3 is 2.68 bits per heavy atom. The van der Waals surface area contributed by atoms with Gasteiger partial charge in [-0.2, -0.15) is 0 Å². The number of primary amides is 1. The van der Waals surface area contributed by atoms with Crippen molar-refractivity contribution in [3.8, 4) is 5.75 Å². The van der Waals surface area contributed by atoms with Crippen molar-refractivity contribution in [3.63, 3.8) is 0 Å². The molecule has 0 unspecified atom stereocenters. The van der Waals surface area contributed by atoms with E-state index in [4.69, 9.17) is 10.5 Å². The molecule has 2 rings (SSSR count). The van der Waals surface area contributed by atoms with Gasteiger partial charge in [0.1, 0.15) is 5.75 Å². The largest absolute Gasteiger partial charge is 0.483 e. The maximum absolute atomic E-state index is 11.9. The third-order valence-corrected chi connectivity index (χ3v) is 3.50. The first-order chi connectivity index (χ1) is 10.5. The second-order valence-corrected chi connectivity index (χ2v) is 5.57. The molecule has 0 heterocycles. The first-order valence-electron chi connectivity index (χ1n) is 6.54. The molecule has 2 aromatic rings. The minimum atomic E-state index is -0.545. The van der Waals surface area contributed by atoms with Crippen LogP contribution in [0.25, 0.3) is 0 Å². The molecule has 3 N–H and O–H groups in total. The average Bonchev–Trinajstić information content (AvgIpc) is 2.46. The highest BCUT2D eigenvalue weighted by molar-refractivity contribution is 9.10. The molecule has 0 radical (unpaired) electrons. The van der Waals surface area contributed by atoms with Crippen LogP contribution in [0.3, 0.4) is 0 Å². The Kier molecular flexibility index (Phi) is 5.16. The molecular formula is C16H15BrN2O3. The van der Waals surface area contributed by atoms with E-state index in [0.717, 1.165) is 10.0 Å². The quantitative estimate of drug-likeness (QED) is 0.857. The summed E-state index contributed by atoms with van der Waals surface area (Å²) in [5, 5.41) is 2.65. The molecular weight excluding hydrogens is 348 g/mol. The Labute approximate surface area is 136 Å². The number of halogens is 1. The van der Waals surface area contributed by atoms with Crippen molar-refractivity contribution in [3.05, 3.63) is 58.1 Å². The molecule has 0 aromatic heterocycles. The van der Waals surface area contributed by atoms with E-state index in [-0.39, 0.29) is 12.5 Å². The molecule has 6 heteroatoms. The lowest BCUT2D eigenvalue weighted by Gasteiger charge is -2.10. The van der Waals surface area contributed by atoms with Gasteiger partial charge in [-0.05, 0) is 58.7 Å². The van der Waals surface area contributed by atoms with Crippen molar-refractivity contribution in [2.75, 3.05) is 11.9 Å². The fraction of sp³-hybridized carbons (Fsp3) is 0.125. The van der Waals surface area contributed by atoms with E-state index in [9.17, 15) is 9.59 Å². The molecule has 22 heavy (non-hydrogen) atoms. The van der Waals surface area contributed by atoms with Gasteiger partial charge in [-0.15, -0.1) is 0 Å². The molecule has 0 saturated carbocycles. The van der Waals surface area contributed by atoms with E-state index in [1.54, 1.807) is 24.3 Å². The minimum absolute atomic E-state index is 0.136. The van der Waals surface area contributed by atoms with Crippen LogP contribution in [-0.4, -0.2) is 18.4 Å². The highest BCUT2D eigenvalue weighted by atomic mass is 79.9. The first kappa shape index (κ1) is 16.0. The number of carbonyl (C=O) groups is 2. The zero-order valence-corrected chi connectivity index (χ0v) is 13.5. The summed E-state index contributed by atoms with van der Waals surface area (Å²) in [5.41, 5.74) is 7.11. The number of carbonyl (C=O) groups excluding carboxylic acids is 2. The van der Waals surface area contributed by atoms with Crippen LogP contribution in [0.1, 0.15) is 15.9 Å². The van der Waals surface area contributed by atoms with Crippen LogP contribution in [0.4, 0.5) is 5.69 Å². The van der Waals surface area contributed by atoms with E-state index in [2.05, 4.69) is 21.2 Å². The third kappa shape index (κ3) is 4.33. The molecule has 0 spiro atoms. The molecule has 2 amide bonds. The number of amides is 2. The summed E-state index contributed by atoms with van der Waals surface area (Å²) in [6.45, 7) is 1.83. The maximum atomic E-state index is 11.9. The van der Waals surface area contributed by atoms with Gasteiger partial charge in [-0.1, -0.05) is 12.1 Å². The van der Waals surface area contributed by atoms with Crippen LogP contribution in [0.2, 0.25) is 0 Å². The van der Waals surface area contributed by atoms with Crippen LogP contribution in [-0.2, 0) is 4.79 Å². The number of hydrogen-bond acceptors (Lipinski definition) is 3. The number of benzene rings is 2. The lowest BCUT2D eigenvalue weighted by molar-refractivity contribution is -0.118. The lowest BCUT2D eigenvalue weighted by Crippen LogP contribution is -2.20. The topological polar surface area (TPSA) is 81.4 Å². The molecule has 0 fully saturated rings. The predicted molar refractivity (Wildman–Crippen MR) is 88.0 cm³/mol. The van der Waals surface area contributed by atoms with Crippen molar-refractivity contribution in [1.82, 2.24) is 0 Å². The highest BCUT2D eigenvalue weighted by Crippen LogP contribution is 2.25. The summed E-state index contributed by atoms with van der Waals surface area (Å²) >= 11 is 3.38. The maximum Gasteiger partial charge on any atom is 0.262 e. The summed E-state index contributed by atoms with van der Waals surface area (Å²) in [4.78, 5) is 23.0. The van der Waals surface area contributed by atoms with E-state index in [1.165, 1.54) is 6.07 Å². The van der Waals surface area contributed by atoms with Crippen molar-refractivity contribution in [2.45, 2.75) is 6.92 Å². The Hall–Kier alpha value is -2.34. The molecule has 114 valence electrons. The van der Waals surface area contributed by atoms with Crippen LogP contribution >= 0.6 is 15.9 Å². The normalized spacial score (nSPS) is 10.1. The summed E-state index contributed by atoms with van der Waals surface area (Å²) in [5.74, 6) is -0.281. The molecule has 0 aliphatic carbocycles. The van der Waals surface area contributed by atoms with E-state index >= 15 is 0 Å². The predicted octanol–water partition coefficient (Wildman–Crippen LogP) is 2.87. The van der Waals surface area contributed by atoms with E-state index in [1.807, 2.05) is 19.1 Å². The van der Waals surface area contributed by atoms with Gasteiger partial charge < -0.3 is 15.8 Å². The molecule has 0 aliphatic rings. The molecule has 0 atom stereocenters. The number of rotatable bonds is 5. The fourth-order valence-electron chi connectivity index (χ4n) is 1.81. The molecule has 0 bridgehead atoms. The van der Waals surface area contributed by atoms with Gasteiger partial charge in [0, 0.05) is 11.3 Å². The molecule has 2 aromatic carbocycles. The Balaban J connectivity index is 1.95. The first-order valence-corrected chi connectivity index (χ1v) is 7.33. The monoisotopic (exact) mass is 362 g/mol. The second kappa shape index (κ2) is 7.09. The van der Waals surface area contributed by atoms with Crippen LogP contribution < -0.4 is 15.8 Å². The van der Waals surface area contributed by atoms with Crippen molar-refractivity contribution >= 4 is 33.4 Å². The highest BCUT2D eigenvalue weighted by Gasteiger charge is 2.08. The van der Waals surface area contributed by atoms with E-state index in [0.29, 0.717) is 17.0 Å². The zero-order valence-electron chi connectivity index (χ0n) is 11.9. The summed E-state index contributed by atoms with van der Waals surface area (Å²) in [6, 6.07) is 12.0. The third-order valence-electron chi connectivity index (χ3n) is 2.88. The summed E-state index contributed by atoms with van der Waals surface area (Å²) in [7, 11) is 0. The Morgan fingerprint density at radius 1 is 1.23 bits per heavy atom. The van der Waals surface area contributed by atoms with E-state index < -0.39 is 5.91 Å². The van der Waals surface area contributed by atoms with Gasteiger partial charge in [0.15, 0.2) is 6.61 Å². The van der Waals surface area contributed by atoms with Crippen molar-refractivity contribution in [2.24, 2.45) is 5.73 Å². The van der Waals surface area contributed by atoms with Crippen molar-refractivity contribution in [1.29, 1.82) is 0 Å². The number of aryl methyl sites for hydroxylation is 1. The van der Waals surface area contributed by atoms with Gasteiger partial charge in [-0.25, -0.2) is 0 Å². The SMILES string of the molecule is Cc1ccc(OCC(=O)Nc2cccc(C(N)=O)c2)c(Br)c1. The van der Waals surface area contributed by atoms with Gasteiger partial charge in [0.25, 0.3) is 5.91 Å². The number of anilines is 1. The van der Waals surface area contributed by atoms with Gasteiger partial charge in [-0.3, -0.25) is 9.59 Å². The number of hydrogen-bond donors (Lipinski definition) is 2. The summed E-state index contributed by atoms with van der Waals surface area (Å²) < 4.78 is 6.24. The van der Waals surface area contributed by atoms with Gasteiger partial charge in [0.05, 0.1) is 4.47 Å². The summed E-state index contributed by atoms with van der Waals surface area (Å²) in [6.07, 6.45) is 0. The Morgan fingerprint density at radius 2 is 2.00 bits per heavy atom. The second-order valence-electron chi connectivity index (χ2n) is 4.72. The standard InChI is InChI=1S/C16H15BrN2O3/c1-10-5-6-14(13(17)7-10)22-9-15(20)19-12-4-2-3-11(8-12)16(18)21/h2-8H,9H2,1H3,(H2,18,21)(H,19,20). The molecule has 0 saturated heterocycles. The average molecular weight is 363 g/mol. The van der Waals surface area contributed by atoms with Crippen LogP contribution in [0, 0.1) is 6.92 Å². The smallest absolute Gasteiger partial charge is 0.262 e. The van der Waals surface area contributed by atoms with Gasteiger partial charge in [0.2, 0.25) is 5.91 Å². The molecule has 5 nitrogen and oxygen atoms in total. The van der Waals surface area contributed by atoms with Gasteiger partial charge >= 0.3 is 0 Å². The minimum Gasteiger partial charge on any atom is -0.483 e. The number of nitrogens with one attached hydrogen (secondary N) is 1. The molecule has 0 aliphatic heterocycles. The number of nitrogens with two attached hydrogens (primary N) is 1. The number of ether oxygens (including phenoxy) is 1. The van der Waals surface area contributed by atoms with Crippen LogP contribution in [0.5, 0.6) is 5.75 Å². The fourth-order valence-corrected chi connectivity index (χ4v) is 2.42.